The molecule has 5 heteroatoms. The minimum atomic E-state index is 0.0919. The van der Waals surface area contributed by atoms with E-state index in [0.717, 1.165) is 51.2 Å². The molecule has 1 atom stereocenters. The summed E-state index contributed by atoms with van der Waals surface area (Å²) in [5, 5.41) is 5.38. The molecule has 0 unspecified atom stereocenters. The number of nitrogens with one attached hydrogen (secondary N) is 1. The van der Waals surface area contributed by atoms with Crippen molar-refractivity contribution in [2.75, 3.05) is 40.8 Å². The standard InChI is InChI=1S/C28H37N3OS/c1-29-17-14-26(27-13-8-20-33-27)32-25-12-7-9-23(21-25)22-31-18-15-28(16-19-31,30(2)3)24-10-5-4-6-11-24/h4-13,20-21,26,29H,14-19,22H2,1-3H3/t26-/m1/s1. The second kappa shape index (κ2) is 11.3. The molecule has 1 aromatic heterocycles. The number of thiophene rings is 1. The maximum absolute atomic E-state index is 6.46. The van der Waals surface area contributed by atoms with E-state index in [9.17, 15) is 0 Å². The van der Waals surface area contributed by atoms with Gasteiger partial charge in [0.15, 0.2) is 0 Å². The van der Waals surface area contributed by atoms with Crippen molar-refractivity contribution in [1.29, 1.82) is 0 Å². The van der Waals surface area contributed by atoms with Crippen LogP contribution in [0.5, 0.6) is 5.75 Å². The lowest BCUT2D eigenvalue weighted by Crippen LogP contribution is -2.50. The molecule has 4 nitrogen and oxygen atoms in total. The van der Waals surface area contributed by atoms with E-state index in [-0.39, 0.29) is 11.6 Å². The molecule has 4 rings (SSSR count). The van der Waals surface area contributed by atoms with Crippen LogP contribution in [0.3, 0.4) is 0 Å². The van der Waals surface area contributed by atoms with Gasteiger partial charge in [0.05, 0.1) is 0 Å². The molecule has 1 saturated heterocycles. The third-order valence-corrected chi connectivity index (χ3v) is 7.91. The number of hydrogen-bond donors (Lipinski definition) is 1. The number of nitrogens with zero attached hydrogens (tertiary/aromatic N) is 2. The highest BCUT2D eigenvalue weighted by Crippen LogP contribution is 2.37. The molecule has 1 aliphatic rings. The lowest BCUT2D eigenvalue weighted by Gasteiger charge is -2.46. The van der Waals surface area contributed by atoms with Crippen molar-refractivity contribution >= 4 is 11.3 Å². The van der Waals surface area contributed by atoms with E-state index < -0.39 is 0 Å². The van der Waals surface area contributed by atoms with Crippen LogP contribution in [-0.4, -0.2) is 50.6 Å². The molecule has 0 bridgehead atoms. The fourth-order valence-electron chi connectivity index (χ4n) is 4.97. The number of hydrogen-bond acceptors (Lipinski definition) is 5. The van der Waals surface area contributed by atoms with Crippen molar-refractivity contribution in [3.05, 3.63) is 88.1 Å². The quantitative estimate of drug-likeness (QED) is 0.428. The second-order valence-electron chi connectivity index (χ2n) is 9.23. The molecule has 0 radical (unpaired) electrons. The van der Waals surface area contributed by atoms with Gasteiger partial charge < -0.3 is 10.1 Å². The molecule has 0 saturated carbocycles. The van der Waals surface area contributed by atoms with Crippen LogP contribution in [0.25, 0.3) is 0 Å². The smallest absolute Gasteiger partial charge is 0.134 e. The first-order chi connectivity index (χ1) is 16.1. The fourth-order valence-corrected chi connectivity index (χ4v) is 5.76. The Morgan fingerprint density at radius 3 is 2.48 bits per heavy atom. The van der Waals surface area contributed by atoms with E-state index >= 15 is 0 Å². The van der Waals surface area contributed by atoms with Crippen LogP contribution in [0.4, 0.5) is 0 Å². The first-order valence-electron chi connectivity index (χ1n) is 12.0. The first-order valence-corrected chi connectivity index (χ1v) is 12.9. The third-order valence-electron chi connectivity index (χ3n) is 6.95. The summed E-state index contributed by atoms with van der Waals surface area (Å²) in [7, 11) is 6.44. The largest absolute Gasteiger partial charge is 0.485 e. The van der Waals surface area contributed by atoms with Crippen molar-refractivity contribution in [3.63, 3.8) is 0 Å². The van der Waals surface area contributed by atoms with E-state index in [1.54, 1.807) is 11.3 Å². The molecule has 0 amide bonds. The van der Waals surface area contributed by atoms with Crippen LogP contribution < -0.4 is 10.1 Å². The molecule has 1 N–H and O–H groups in total. The maximum Gasteiger partial charge on any atom is 0.134 e. The number of likely N-dealkylation sites (tertiary alicyclic amines) is 1. The summed E-state index contributed by atoms with van der Waals surface area (Å²) in [5.74, 6) is 0.964. The molecule has 1 aliphatic heterocycles. The van der Waals surface area contributed by atoms with Crippen LogP contribution in [0.15, 0.2) is 72.1 Å². The SMILES string of the molecule is CNCC[C@@H](Oc1cccc(CN2CCC(c3ccccc3)(N(C)C)CC2)c1)c1cccs1. The minimum Gasteiger partial charge on any atom is -0.485 e. The summed E-state index contributed by atoms with van der Waals surface area (Å²) in [6.45, 7) is 4.09. The van der Waals surface area contributed by atoms with Crippen LogP contribution in [0, 0.1) is 0 Å². The predicted molar refractivity (Wildman–Crippen MR) is 139 cm³/mol. The summed E-state index contributed by atoms with van der Waals surface area (Å²) >= 11 is 1.77. The summed E-state index contributed by atoms with van der Waals surface area (Å²) in [4.78, 5) is 6.29. The van der Waals surface area contributed by atoms with Gasteiger partial charge in [0, 0.05) is 36.5 Å². The Bertz CT molecular complexity index is 966. The van der Waals surface area contributed by atoms with Gasteiger partial charge in [0.1, 0.15) is 11.9 Å². The normalized spacial score (nSPS) is 17.2. The highest BCUT2D eigenvalue weighted by molar-refractivity contribution is 7.10. The van der Waals surface area contributed by atoms with Gasteiger partial charge in [-0.1, -0.05) is 48.5 Å². The Kier molecular flexibility index (Phi) is 8.20. The molecule has 33 heavy (non-hydrogen) atoms. The molecule has 2 heterocycles. The Balaban J connectivity index is 1.40. The van der Waals surface area contributed by atoms with Gasteiger partial charge in [-0.2, -0.15) is 0 Å². The summed E-state index contributed by atoms with van der Waals surface area (Å²) in [5.41, 5.74) is 2.89. The predicted octanol–water partition coefficient (Wildman–Crippen LogP) is 5.53. The summed E-state index contributed by atoms with van der Waals surface area (Å²) in [6.07, 6.45) is 3.34. The average Bonchev–Trinajstić information content (AvgIpc) is 3.38. The van der Waals surface area contributed by atoms with Gasteiger partial charge >= 0.3 is 0 Å². The zero-order valence-electron chi connectivity index (χ0n) is 20.2. The highest BCUT2D eigenvalue weighted by atomic mass is 32.1. The topological polar surface area (TPSA) is 27.7 Å². The van der Waals surface area contributed by atoms with Gasteiger partial charge in [-0.25, -0.2) is 0 Å². The minimum absolute atomic E-state index is 0.0919. The summed E-state index contributed by atoms with van der Waals surface area (Å²) in [6, 6.07) is 24.0. The number of benzene rings is 2. The molecule has 2 aromatic carbocycles. The van der Waals surface area contributed by atoms with Gasteiger partial charge in [0.25, 0.3) is 0 Å². The van der Waals surface area contributed by atoms with Crippen LogP contribution in [0.2, 0.25) is 0 Å². The Hall–Kier alpha value is -2.18. The van der Waals surface area contributed by atoms with E-state index in [0.29, 0.717) is 0 Å². The molecular formula is C28H37N3OS. The van der Waals surface area contributed by atoms with Crippen molar-refractivity contribution in [2.45, 2.75) is 37.5 Å². The molecule has 0 spiro atoms. The van der Waals surface area contributed by atoms with Gasteiger partial charge in [0.2, 0.25) is 0 Å². The van der Waals surface area contributed by atoms with Crippen LogP contribution in [-0.2, 0) is 12.1 Å². The van der Waals surface area contributed by atoms with Crippen molar-refractivity contribution in [3.8, 4) is 5.75 Å². The maximum atomic E-state index is 6.46. The van der Waals surface area contributed by atoms with Gasteiger partial charge in [-0.15, -0.1) is 11.3 Å². The monoisotopic (exact) mass is 463 g/mol. The lowest BCUT2D eigenvalue weighted by atomic mass is 9.79. The molecule has 1 fully saturated rings. The zero-order chi connectivity index (χ0) is 23.1. The molecule has 176 valence electrons. The number of rotatable bonds is 10. The number of ether oxygens (including phenoxy) is 1. The first kappa shape index (κ1) is 24.0. The van der Waals surface area contributed by atoms with E-state index in [1.807, 2.05) is 7.05 Å². The Labute approximate surface area is 203 Å². The second-order valence-corrected chi connectivity index (χ2v) is 10.2. The van der Waals surface area contributed by atoms with Crippen molar-refractivity contribution in [1.82, 2.24) is 15.1 Å². The van der Waals surface area contributed by atoms with Crippen LogP contribution >= 0.6 is 11.3 Å². The number of piperidine rings is 1. The van der Waals surface area contributed by atoms with Crippen molar-refractivity contribution < 1.29 is 4.74 Å². The average molecular weight is 464 g/mol. The van der Waals surface area contributed by atoms with E-state index in [4.69, 9.17) is 4.74 Å². The summed E-state index contributed by atoms with van der Waals surface area (Å²) < 4.78 is 6.46. The Morgan fingerprint density at radius 1 is 1.03 bits per heavy atom. The van der Waals surface area contributed by atoms with Gasteiger partial charge in [-0.3, -0.25) is 9.80 Å². The van der Waals surface area contributed by atoms with Crippen LogP contribution in [0.1, 0.15) is 41.4 Å². The molecular weight excluding hydrogens is 426 g/mol. The molecule has 0 aliphatic carbocycles. The molecule has 3 aromatic rings. The third kappa shape index (κ3) is 5.85. The van der Waals surface area contributed by atoms with E-state index in [1.165, 1.54) is 16.0 Å². The fraction of sp³-hybridized carbons (Fsp3) is 0.429. The Morgan fingerprint density at radius 2 is 1.82 bits per heavy atom. The van der Waals surface area contributed by atoms with E-state index in [2.05, 4.69) is 101 Å². The highest BCUT2D eigenvalue weighted by Gasteiger charge is 2.37. The lowest BCUT2D eigenvalue weighted by molar-refractivity contribution is 0.0507. The van der Waals surface area contributed by atoms with Gasteiger partial charge in [-0.05, 0) is 75.2 Å². The van der Waals surface area contributed by atoms with Crippen molar-refractivity contribution in [2.24, 2.45) is 0 Å². The zero-order valence-corrected chi connectivity index (χ0v) is 21.0.